The van der Waals surface area contributed by atoms with Gasteiger partial charge in [-0.25, -0.2) is 14.2 Å². The topological polar surface area (TPSA) is 93.0 Å². The van der Waals surface area contributed by atoms with Gasteiger partial charge in [-0.3, -0.25) is 5.32 Å². The summed E-state index contributed by atoms with van der Waals surface area (Å²) in [7, 11) is 2.95. The summed E-state index contributed by atoms with van der Waals surface area (Å²) in [5.41, 5.74) is 1.61. The first-order chi connectivity index (χ1) is 14.5. The molecule has 1 aromatic carbocycles. The molecule has 0 saturated carbocycles. The lowest BCUT2D eigenvalue weighted by Gasteiger charge is -2.36. The first kappa shape index (κ1) is 19.7. The van der Waals surface area contributed by atoms with Gasteiger partial charge in [-0.1, -0.05) is 0 Å². The summed E-state index contributed by atoms with van der Waals surface area (Å²) in [6, 6.07) is 6.00. The summed E-state index contributed by atoms with van der Waals surface area (Å²) in [4.78, 5) is 25.1. The molecule has 0 spiro atoms. The quantitative estimate of drug-likeness (QED) is 0.700. The number of amides is 2. The fourth-order valence-corrected chi connectivity index (χ4v) is 3.38. The van der Waals surface area contributed by atoms with Gasteiger partial charge in [0.2, 0.25) is 5.71 Å². The van der Waals surface area contributed by atoms with Crippen molar-refractivity contribution < 1.29 is 23.1 Å². The number of furan rings is 1. The second-order valence-electron chi connectivity index (χ2n) is 6.88. The number of rotatable bonds is 4. The zero-order valence-electron chi connectivity index (χ0n) is 16.9. The lowest BCUT2D eigenvalue weighted by Crippen LogP contribution is -2.50. The van der Waals surface area contributed by atoms with Gasteiger partial charge >= 0.3 is 6.03 Å². The first-order valence-electron chi connectivity index (χ1n) is 9.44. The standard InChI is InChI=1S/C20H22FN5O4/c1-12-8-16-18(30-12)24-19(29-3)17(22-16)23-20(27)26-6-4-25(5-7-26)14-9-13(21)10-15(11-14)28-2/h8-11H,4-7H2,1-3H3,(H,22,23,27). The van der Waals surface area contributed by atoms with Crippen LogP contribution >= 0.6 is 0 Å². The van der Waals surface area contributed by atoms with Crippen LogP contribution in [0.4, 0.5) is 20.7 Å². The summed E-state index contributed by atoms with van der Waals surface area (Å²) < 4.78 is 29.6. The van der Waals surface area contributed by atoms with E-state index in [1.165, 1.54) is 26.4 Å². The normalized spacial score (nSPS) is 14.1. The fraction of sp³-hybridized carbons (Fsp3) is 0.350. The molecule has 0 bridgehead atoms. The first-order valence-corrected chi connectivity index (χ1v) is 9.44. The maximum Gasteiger partial charge on any atom is 0.323 e. The van der Waals surface area contributed by atoms with E-state index in [1.807, 2.05) is 4.90 Å². The number of anilines is 2. The molecule has 0 atom stereocenters. The molecule has 1 fully saturated rings. The van der Waals surface area contributed by atoms with Crippen molar-refractivity contribution in [2.75, 3.05) is 50.6 Å². The number of fused-ring (bicyclic) bond motifs is 1. The van der Waals surface area contributed by atoms with Crippen LogP contribution in [0.5, 0.6) is 11.6 Å². The second kappa shape index (κ2) is 8.05. The molecule has 0 radical (unpaired) electrons. The molecule has 4 rings (SSSR count). The van der Waals surface area contributed by atoms with Crippen LogP contribution in [0.25, 0.3) is 11.2 Å². The molecular weight excluding hydrogens is 393 g/mol. The second-order valence-corrected chi connectivity index (χ2v) is 6.88. The summed E-state index contributed by atoms with van der Waals surface area (Å²) in [6.45, 7) is 3.84. The predicted molar refractivity (Wildman–Crippen MR) is 109 cm³/mol. The van der Waals surface area contributed by atoms with Gasteiger partial charge in [-0.2, -0.15) is 4.98 Å². The van der Waals surface area contributed by atoms with E-state index in [2.05, 4.69) is 15.3 Å². The summed E-state index contributed by atoms with van der Waals surface area (Å²) in [5.74, 6) is 1.17. The molecule has 0 aliphatic carbocycles. The highest BCUT2D eigenvalue weighted by Gasteiger charge is 2.24. The molecular formula is C20H22FN5O4. The van der Waals surface area contributed by atoms with E-state index >= 15 is 0 Å². The Kier molecular flexibility index (Phi) is 5.30. The van der Waals surface area contributed by atoms with Crippen molar-refractivity contribution in [3.05, 3.63) is 35.8 Å². The van der Waals surface area contributed by atoms with Crippen LogP contribution in [-0.2, 0) is 0 Å². The maximum absolute atomic E-state index is 13.8. The highest BCUT2D eigenvalue weighted by atomic mass is 19.1. The number of benzene rings is 1. The number of ether oxygens (including phenoxy) is 2. The van der Waals surface area contributed by atoms with Gasteiger partial charge in [-0.15, -0.1) is 0 Å². The van der Waals surface area contributed by atoms with Crippen LogP contribution in [-0.4, -0.2) is 61.3 Å². The zero-order chi connectivity index (χ0) is 21.3. The predicted octanol–water partition coefficient (Wildman–Crippen LogP) is 3.04. The average molecular weight is 415 g/mol. The van der Waals surface area contributed by atoms with E-state index < -0.39 is 0 Å². The third kappa shape index (κ3) is 3.93. The number of hydrogen-bond donors (Lipinski definition) is 1. The van der Waals surface area contributed by atoms with Crippen molar-refractivity contribution in [3.63, 3.8) is 0 Å². The minimum absolute atomic E-state index is 0.177. The summed E-state index contributed by atoms with van der Waals surface area (Å²) in [6.07, 6.45) is 0. The van der Waals surface area contributed by atoms with Gasteiger partial charge in [-0.05, 0) is 13.0 Å². The Morgan fingerprint density at radius 3 is 2.57 bits per heavy atom. The van der Waals surface area contributed by atoms with Crippen LogP contribution in [0.3, 0.4) is 0 Å². The van der Waals surface area contributed by atoms with Crippen molar-refractivity contribution in [2.24, 2.45) is 0 Å². The zero-order valence-corrected chi connectivity index (χ0v) is 16.9. The van der Waals surface area contributed by atoms with Crippen molar-refractivity contribution in [1.29, 1.82) is 0 Å². The van der Waals surface area contributed by atoms with E-state index in [1.54, 1.807) is 24.0 Å². The van der Waals surface area contributed by atoms with Crippen LogP contribution < -0.4 is 19.7 Å². The van der Waals surface area contributed by atoms with Crippen molar-refractivity contribution in [1.82, 2.24) is 14.9 Å². The lowest BCUT2D eigenvalue weighted by atomic mass is 10.2. The highest BCUT2D eigenvalue weighted by Crippen LogP contribution is 2.27. The largest absolute Gasteiger partial charge is 0.497 e. The van der Waals surface area contributed by atoms with Gasteiger partial charge in [0, 0.05) is 50.1 Å². The third-order valence-electron chi connectivity index (χ3n) is 4.90. The number of nitrogens with one attached hydrogen (secondary N) is 1. The Labute approximate surface area is 172 Å². The number of piperazine rings is 1. The SMILES string of the molecule is COc1cc(F)cc(N2CCN(C(=O)Nc3nc4cc(C)oc4nc3OC)CC2)c1. The number of methoxy groups -OCH3 is 2. The van der Waals surface area contributed by atoms with Gasteiger partial charge in [0.05, 0.1) is 14.2 Å². The average Bonchev–Trinajstić information content (AvgIpc) is 3.11. The number of hydrogen-bond acceptors (Lipinski definition) is 7. The molecule has 0 unspecified atom stereocenters. The third-order valence-corrected chi connectivity index (χ3v) is 4.90. The number of urea groups is 1. The van der Waals surface area contributed by atoms with Crippen LogP contribution in [0.2, 0.25) is 0 Å². The number of aromatic nitrogens is 2. The molecule has 2 amide bonds. The summed E-state index contributed by atoms with van der Waals surface area (Å²) >= 11 is 0. The maximum atomic E-state index is 13.8. The van der Waals surface area contributed by atoms with E-state index in [4.69, 9.17) is 13.9 Å². The minimum atomic E-state index is -0.361. The molecule has 9 nitrogen and oxygen atoms in total. The molecule has 1 saturated heterocycles. The smallest absolute Gasteiger partial charge is 0.323 e. The molecule has 2 aromatic heterocycles. The van der Waals surface area contributed by atoms with Gasteiger partial charge in [0.25, 0.3) is 5.88 Å². The van der Waals surface area contributed by atoms with Crippen LogP contribution in [0.15, 0.2) is 28.7 Å². The monoisotopic (exact) mass is 415 g/mol. The Hall–Kier alpha value is -3.56. The van der Waals surface area contributed by atoms with Crippen molar-refractivity contribution >= 4 is 28.8 Å². The Bertz CT molecular complexity index is 1080. The number of halogens is 1. The molecule has 30 heavy (non-hydrogen) atoms. The number of carbonyl (C=O) groups is 1. The number of aryl methyl sites for hydroxylation is 1. The number of carbonyl (C=O) groups excluding carboxylic acids is 1. The molecule has 1 aliphatic heterocycles. The lowest BCUT2D eigenvalue weighted by molar-refractivity contribution is 0.208. The Morgan fingerprint density at radius 2 is 1.87 bits per heavy atom. The molecule has 158 valence electrons. The van der Waals surface area contributed by atoms with Gasteiger partial charge in [0.1, 0.15) is 22.8 Å². The van der Waals surface area contributed by atoms with E-state index in [0.717, 1.165) is 5.69 Å². The van der Waals surface area contributed by atoms with Crippen molar-refractivity contribution in [3.8, 4) is 11.6 Å². The van der Waals surface area contributed by atoms with Crippen LogP contribution in [0, 0.1) is 12.7 Å². The molecule has 1 N–H and O–H groups in total. The minimum Gasteiger partial charge on any atom is -0.497 e. The molecule has 3 heterocycles. The number of nitrogens with zero attached hydrogens (tertiary/aromatic N) is 4. The van der Waals surface area contributed by atoms with E-state index in [-0.39, 0.29) is 23.5 Å². The molecule has 10 heteroatoms. The fourth-order valence-electron chi connectivity index (χ4n) is 3.38. The Balaban J connectivity index is 1.44. The van der Waals surface area contributed by atoms with E-state index in [9.17, 15) is 9.18 Å². The Morgan fingerprint density at radius 1 is 1.10 bits per heavy atom. The summed E-state index contributed by atoms with van der Waals surface area (Å²) in [5, 5.41) is 2.76. The van der Waals surface area contributed by atoms with E-state index in [0.29, 0.717) is 48.9 Å². The molecule has 1 aliphatic rings. The van der Waals surface area contributed by atoms with Crippen molar-refractivity contribution in [2.45, 2.75) is 6.92 Å². The van der Waals surface area contributed by atoms with Gasteiger partial charge < -0.3 is 23.7 Å². The van der Waals surface area contributed by atoms with Crippen LogP contribution in [0.1, 0.15) is 5.76 Å². The molecule has 3 aromatic rings. The van der Waals surface area contributed by atoms with Gasteiger partial charge in [0.15, 0.2) is 5.82 Å². The highest BCUT2D eigenvalue weighted by molar-refractivity contribution is 5.90.